The highest BCUT2D eigenvalue weighted by atomic mass is 16.5. The highest BCUT2D eigenvalue weighted by Gasteiger charge is 2.33. The Morgan fingerprint density at radius 3 is 2.23 bits per heavy atom. The Balaban J connectivity index is 2.30. The van der Waals surface area contributed by atoms with E-state index in [2.05, 4.69) is 0 Å². The van der Waals surface area contributed by atoms with Gasteiger partial charge in [-0.1, -0.05) is 0 Å². The molecule has 1 aliphatic rings. The van der Waals surface area contributed by atoms with E-state index in [4.69, 9.17) is 19.9 Å². The average molecular weight is 308 g/mol. The number of hydrogen-bond acceptors (Lipinski definition) is 5. The van der Waals surface area contributed by atoms with E-state index in [-0.39, 0.29) is 17.9 Å². The Labute approximate surface area is 131 Å². The summed E-state index contributed by atoms with van der Waals surface area (Å²) in [5, 5.41) is 0. The lowest BCUT2D eigenvalue weighted by atomic mass is 9.92. The highest BCUT2D eigenvalue weighted by molar-refractivity contribution is 5.78. The molecule has 6 nitrogen and oxygen atoms in total. The molecule has 2 rings (SSSR count). The number of likely N-dealkylation sites (tertiary alicyclic amines) is 1. The molecule has 2 unspecified atom stereocenters. The highest BCUT2D eigenvalue weighted by Crippen LogP contribution is 2.41. The van der Waals surface area contributed by atoms with Crippen LogP contribution in [-0.4, -0.2) is 45.2 Å². The minimum Gasteiger partial charge on any atom is -0.493 e. The van der Waals surface area contributed by atoms with Gasteiger partial charge >= 0.3 is 0 Å². The fraction of sp³-hybridized carbons (Fsp3) is 0.562. The lowest BCUT2D eigenvalue weighted by Gasteiger charge is -2.22. The molecule has 1 fully saturated rings. The number of nitrogens with two attached hydrogens (primary N) is 1. The molecule has 0 saturated carbocycles. The number of benzene rings is 1. The molecular formula is C16H24N2O4. The van der Waals surface area contributed by atoms with Crippen molar-refractivity contribution in [2.75, 3.05) is 34.4 Å². The molecule has 6 heteroatoms. The third kappa shape index (κ3) is 2.97. The SMILES string of the molecule is CCN1CC(C(N)c2cc(OC)c(OC)c(OC)c2)CC1=O. The van der Waals surface area contributed by atoms with Gasteiger partial charge in [0, 0.05) is 31.5 Å². The topological polar surface area (TPSA) is 74.0 Å². The van der Waals surface area contributed by atoms with Gasteiger partial charge in [0.15, 0.2) is 11.5 Å². The first-order valence-corrected chi connectivity index (χ1v) is 7.38. The molecule has 22 heavy (non-hydrogen) atoms. The molecule has 1 aliphatic heterocycles. The average Bonchev–Trinajstić information content (AvgIpc) is 2.93. The normalized spacial score (nSPS) is 19.2. The third-order valence-electron chi connectivity index (χ3n) is 4.21. The van der Waals surface area contributed by atoms with Crippen molar-refractivity contribution in [2.24, 2.45) is 11.7 Å². The minimum atomic E-state index is -0.255. The fourth-order valence-electron chi connectivity index (χ4n) is 2.91. The van der Waals surface area contributed by atoms with Crippen molar-refractivity contribution in [3.63, 3.8) is 0 Å². The molecule has 0 aromatic heterocycles. The van der Waals surface area contributed by atoms with Gasteiger partial charge in [-0.05, 0) is 24.6 Å². The minimum absolute atomic E-state index is 0.0928. The maximum absolute atomic E-state index is 11.9. The van der Waals surface area contributed by atoms with Crippen LogP contribution in [0.1, 0.15) is 24.9 Å². The number of amides is 1. The summed E-state index contributed by atoms with van der Waals surface area (Å²) in [4.78, 5) is 13.7. The van der Waals surface area contributed by atoms with Crippen molar-refractivity contribution < 1.29 is 19.0 Å². The molecule has 0 bridgehead atoms. The zero-order chi connectivity index (χ0) is 16.3. The van der Waals surface area contributed by atoms with Crippen LogP contribution >= 0.6 is 0 Å². The van der Waals surface area contributed by atoms with Crippen molar-refractivity contribution >= 4 is 5.91 Å². The summed E-state index contributed by atoms with van der Waals surface area (Å²) in [5.41, 5.74) is 7.27. The van der Waals surface area contributed by atoms with Crippen molar-refractivity contribution in [2.45, 2.75) is 19.4 Å². The molecule has 122 valence electrons. The van der Waals surface area contributed by atoms with Crippen molar-refractivity contribution in [1.29, 1.82) is 0 Å². The smallest absolute Gasteiger partial charge is 0.222 e. The zero-order valence-electron chi connectivity index (χ0n) is 13.6. The Morgan fingerprint density at radius 1 is 1.23 bits per heavy atom. The number of ether oxygens (including phenoxy) is 3. The molecule has 1 amide bonds. The molecule has 1 heterocycles. The maximum atomic E-state index is 11.9. The van der Waals surface area contributed by atoms with Gasteiger partial charge in [0.25, 0.3) is 0 Å². The molecule has 0 aliphatic carbocycles. The molecule has 1 saturated heterocycles. The number of methoxy groups -OCH3 is 3. The van der Waals surface area contributed by atoms with Crippen LogP contribution in [0.4, 0.5) is 0 Å². The van der Waals surface area contributed by atoms with E-state index >= 15 is 0 Å². The maximum Gasteiger partial charge on any atom is 0.222 e. The van der Waals surface area contributed by atoms with E-state index in [9.17, 15) is 4.79 Å². The van der Waals surface area contributed by atoms with Crippen molar-refractivity contribution in [1.82, 2.24) is 4.90 Å². The number of rotatable bonds is 6. The molecule has 2 N–H and O–H groups in total. The molecule has 0 spiro atoms. The Kier molecular flexibility index (Phi) is 5.13. The molecule has 0 radical (unpaired) electrons. The van der Waals surface area contributed by atoms with Gasteiger partial charge in [-0.3, -0.25) is 4.79 Å². The van der Waals surface area contributed by atoms with Gasteiger partial charge in [-0.25, -0.2) is 0 Å². The van der Waals surface area contributed by atoms with Crippen LogP contribution in [0.2, 0.25) is 0 Å². The van der Waals surface area contributed by atoms with Gasteiger partial charge in [0.2, 0.25) is 11.7 Å². The third-order valence-corrected chi connectivity index (χ3v) is 4.21. The fourth-order valence-corrected chi connectivity index (χ4v) is 2.91. The quantitative estimate of drug-likeness (QED) is 0.863. The number of hydrogen-bond donors (Lipinski definition) is 1. The second-order valence-electron chi connectivity index (χ2n) is 5.38. The van der Waals surface area contributed by atoms with E-state index in [1.54, 1.807) is 21.3 Å². The van der Waals surface area contributed by atoms with Gasteiger partial charge in [0.1, 0.15) is 0 Å². The predicted molar refractivity (Wildman–Crippen MR) is 83.4 cm³/mol. The van der Waals surface area contributed by atoms with Crippen LogP contribution in [-0.2, 0) is 4.79 Å². The monoisotopic (exact) mass is 308 g/mol. The second-order valence-corrected chi connectivity index (χ2v) is 5.38. The van der Waals surface area contributed by atoms with E-state index in [0.29, 0.717) is 30.2 Å². The van der Waals surface area contributed by atoms with Crippen molar-refractivity contribution in [3.05, 3.63) is 17.7 Å². The van der Waals surface area contributed by atoms with E-state index in [0.717, 1.165) is 12.1 Å². The van der Waals surface area contributed by atoms with Gasteiger partial charge < -0.3 is 24.8 Å². The number of nitrogens with zero attached hydrogens (tertiary/aromatic N) is 1. The summed E-state index contributed by atoms with van der Waals surface area (Å²) < 4.78 is 16.0. The largest absolute Gasteiger partial charge is 0.493 e. The first-order valence-electron chi connectivity index (χ1n) is 7.38. The molecule has 1 aromatic carbocycles. The molecule has 2 atom stereocenters. The van der Waals surface area contributed by atoms with Gasteiger partial charge in [-0.15, -0.1) is 0 Å². The van der Waals surface area contributed by atoms with Crippen LogP contribution in [0, 0.1) is 5.92 Å². The molecular weight excluding hydrogens is 284 g/mol. The zero-order valence-corrected chi connectivity index (χ0v) is 13.6. The van der Waals surface area contributed by atoms with Crippen LogP contribution in [0.15, 0.2) is 12.1 Å². The lowest BCUT2D eigenvalue weighted by Crippen LogP contribution is -2.27. The van der Waals surface area contributed by atoms with Crippen molar-refractivity contribution in [3.8, 4) is 17.2 Å². The predicted octanol–water partition coefficient (Wildman–Crippen LogP) is 1.58. The summed E-state index contributed by atoms with van der Waals surface area (Å²) >= 11 is 0. The standard InChI is InChI=1S/C16H24N2O4/c1-5-18-9-11(8-14(18)19)15(17)10-6-12(20-2)16(22-4)13(7-10)21-3/h6-7,11,15H,5,8-9,17H2,1-4H3. The van der Waals surface area contributed by atoms with Gasteiger partial charge in [0.05, 0.1) is 21.3 Å². The lowest BCUT2D eigenvalue weighted by molar-refractivity contribution is -0.127. The van der Waals surface area contributed by atoms with Gasteiger partial charge in [-0.2, -0.15) is 0 Å². The van der Waals surface area contributed by atoms with E-state index < -0.39 is 0 Å². The summed E-state index contributed by atoms with van der Waals surface area (Å²) in [6.07, 6.45) is 0.478. The summed E-state index contributed by atoms with van der Waals surface area (Å²) in [6.45, 7) is 3.38. The van der Waals surface area contributed by atoms with E-state index in [1.807, 2.05) is 24.0 Å². The van der Waals surface area contributed by atoms with Crippen LogP contribution in [0.3, 0.4) is 0 Å². The Hall–Kier alpha value is -1.95. The summed E-state index contributed by atoms with van der Waals surface area (Å²) in [7, 11) is 4.71. The first kappa shape index (κ1) is 16.4. The second kappa shape index (κ2) is 6.87. The molecule has 1 aromatic rings. The van der Waals surface area contributed by atoms with Crippen LogP contribution in [0.5, 0.6) is 17.2 Å². The number of carbonyl (C=O) groups is 1. The first-order chi connectivity index (χ1) is 10.5. The number of carbonyl (C=O) groups excluding carboxylic acids is 1. The van der Waals surface area contributed by atoms with E-state index in [1.165, 1.54) is 0 Å². The van der Waals surface area contributed by atoms with Crippen LogP contribution < -0.4 is 19.9 Å². The Morgan fingerprint density at radius 2 is 1.82 bits per heavy atom. The summed E-state index contributed by atoms with van der Waals surface area (Å²) in [5.74, 6) is 1.94. The summed E-state index contributed by atoms with van der Waals surface area (Å²) in [6, 6.07) is 3.45. The Bertz CT molecular complexity index is 522. The van der Waals surface area contributed by atoms with Crippen LogP contribution in [0.25, 0.3) is 0 Å².